The number of hydrogen-bond acceptors (Lipinski definition) is 1. The molecule has 0 spiro atoms. The van der Waals surface area contributed by atoms with Crippen LogP contribution in [0.2, 0.25) is 0 Å². The van der Waals surface area contributed by atoms with Crippen LogP contribution in [0.15, 0.2) is 255 Å². The van der Waals surface area contributed by atoms with Crippen molar-refractivity contribution in [2.24, 2.45) is 0 Å². The average molecular weight is 890 g/mol. The first-order valence-electron chi connectivity index (χ1n) is 24.3. The number of para-hydroxylation sites is 2. The van der Waals surface area contributed by atoms with E-state index in [2.05, 4.69) is 269 Å². The van der Waals surface area contributed by atoms with Crippen LogP contribution >= 0.6 is 0 Å². The molecule has 13 aromatic rings. The maximum Gasteiger partial charge on any atom is 0.0765 e. The van der Waals surface area contributed by atoms with Gasteiger partial charge in [0.25, 0.3) is 0 Å². The minimum Gasteiger partial charge on any atom is -0.309 e. The summed E-state index contributed by atoms with van der Waals surface area (Å²) in [5.74, 6) is -0.105. The predicted octanol–water partition coefficient (Wildman–Crippen LogP) is 17.8. The molecule has 1 unspecified atom stereocenters. The van der Waals surface area contributed by atoms with Crippen molar-refractivity contribution in [1.29, 1.82) is 0 Å². The molecule has 3 heteroatoms. The van der Waals surface area contributed by atoms with Crippen LogP contribution in [-0.4, -0.2) is 9.13 Å². The predicted molar refractivity (Wildman–Crippen MR) is 292 cm³/mol. The number of rotatable bonds is 7. The summed E-state index contributed by atoms with van der Waals surface area (Å²) in [6.45, 7) is 0. The Morgan fingerprint density at radius 3 is 1.14 bits per heavy atom. The summed E-state index contributed by atoms with van der Waals surface area (Å²) in [5, 5.41) is 5.02. The fourth-order valence-electron chi connectivity index (χ4n) is 12.0. The third-order valence-corrected chi connectivity index (χ3v) is 15.0. The molecule has 15 rings (SSSR count). The van der Waals surface area contributed by atoms with E-state index in [-0.39, 0.29) is 5.92 Å². The highest BCUT2D eigenvalue weighted by molar-refractivity contribution is 6.18. The van der Waals surface area contributed by atoms with Gasteiger partial charge in [0.05, 0.1) is 39.1 Å². The Kier molecular flexibility index (Phi) is 8.42. The monoisotopic (exact) mass is 889 g/mol. The summed E-state index contributed by atoms with van der Waals surface area (Å²) in [7, 11) is 0. The molecular weight excluding hydrogens is 847 g/mol. The lowest BCUT2D eigenvalue weighted by Crippen LogP contribution is -2.24. The van der Waals surface area contributed by atoms with Crippen LogP contribution in [0.5, 0.6) is 0 Å². The Balaban J connectivity index is 1.14. The highest BCUT2D eigenvalue weighted by Crippen LogP contribution is 2.58. The maximum absolute atomic E-state index is 2.63. The van der Waals surface area contributed by atoms with Crippen molar-refractivity contribution in [2.45, 2.75) is 5.92 Å². The van der Waals surface area contributed by atoms with Gasteiger partial charge in [-0.05, 0) is 141 Å². The molecule has 326 valence electrons. The van der Waals surface area contributed by atoms with E-state index in [0.29, 0.717) is 0 Å². The Bertz CT molecular complexity index is 4150. The topological polar surface area (TPSA) is 13.1 Å². The van der Waals surface area contributed by atoms with Crippen LogP contribution < -0.4 is 4.90 Å². The summed E-state index contributed by atoms with van der Waals surface area (Å²) in [6.07, 6.45) is 0. The van der Waals surface area contributed by atoms with Crippen LogP contribution in [0.3, 0.4) is 0 Å². The quantitative estimate of drug-likeness (QED) is 0.155. The van der Waals surface area contributed by atoms with Crippen molar-refractivity contribution in [3.63, 3.8) is 0 Å². The number of nitrogens with zero attached hydrogens (tertiary/aromatic N) is 3. The zero-order valence-corrected chi connectivity index (χ0v) is 38.2. The third-order valence-electron chi connectivity index (χ3n) is 15.0. The number of aromatic nitrogens is 2. The van der Waals surface area contributed by atoms with Crippen molar-refractivity contribution >= 4 is 60.7 Å². The first kappa shape index (κ1) is 38.9. The van der Waals surface area contributed by atoms with Gasteiger partial charge in [0.15, 0.2) is 0 Å². The smallest absolute Gasteiger partial charge is 0.0765 e. The molecule has 0 bridgehead atoms. The minimum atomic E-state index is -0.105. The van der Waals surface area contributed by atoms with Gasteiger partial charge in [0.2, 0.25) is 0 Å². The molecule has 2 aliphatic rings. The Morgan fingerprint density at radius 2 is 0.686 bits per heavy atom. The fourth-order valence-corrected chi connectivity index (χ4v) is 12.0. The lowest BCUT2D eigenvalue weighted by molar-refractivity contribution is 0.883. The molecule has 0 saturated heterocycles. The Hall–Kier alpha value is -9.18. The lowest BCUT2D eigenvalue weighted by atomic mass is 9.76. The highest BCUT2D eigenvalue weighted by atomic mass is 15.2. The number of hydrogen-bond donors (Lipinski definition) is 0. The second-order valence-electron chi connectivity index (χ2n) is 18.8. The fraction of sp³-hybridized carbons (Fsp3) is 0.0149. The molecule has 0 N–H and O–H groups in total. The van der Waals surface area contributed by atoms with E-state index in [0.717, 1.165) is 17.1 Å². The molecule has 0 saturated carbocycles. The number of fused-ring (bicyclic) bond motifs is 10. The van der Waals surface area contributed by atoms with E-state index in [1.54, 1.807) is 0 Å². The van der Waals surface area contributed by atoms with Gasteiger partial charge >= 0.3 is 0 Å². The molecule has 4 heterocycles. The van der Waals surface area contributed by atoms with Crippen LogP contribution in [0.1, 0.15) is 22.6 Å². The normalized spacial score (nSPS) is 13.3. The van der Waals surface area contributed by atoms with E-state index in [4.69, 9.17) is 0 Å². The van der Waals surface area contributed by atoms with E-state index >= 15 is 0 Å². The lowest BCUT2D eigenvalue weighted by Gasteiger charge is -2.38. The molecule has 70 heavy (non-hydrogen) atoms. The van der Waals surface area contributed by atoms with E-state index < -0.39 is 0 Å². The largest absolute Gasteiger partial charge is 0.309 e. The number of anilines is 3. The molecule has 2 aliphatic heterocycles. The SMILES string of the molecule is c1ccc(-c2ccc3c(c2)c2cc(-c4ccccc4)cc4c2n3-c2ccc(N(c3ccccc3)c3ccccc3)c3c2C4c2cc(-c4ccccc4)cc4c5cc(-c6ccccc6)ccc5n-3c24)cc1. The highest BCUT2D eigenvalue weighted by Gasteiger charge is 2.41. The van der Waals surface area contributed by atoms with Gasteiger partial charge in [-0.2, -0.15) is 0 Å². The van der Waals surface area contributed by atoms with Crippen molar-refractivity contribution in [3.05, 3.63) is 271 Å². The molecule has 3 nitrogen and oxygen atoms in total. The van der Waals surface area contributed by atoms with Gasteiger partial charge in [-0.15, -0.1) is 0 Å². The van der Waals surface area contributed by atoms with Crippen LogP contribution in [0, 0.1) is 0 Å². The summed E-state index contributed by atoms with van der Waals surface area (Å²) in [4.78, 5) is 2.47. The second kappa shape index (κ2) is 15.2. The van der Waals surface area contributed by atoms with Gasteiger partial charge in [-0.25, -0.2) is 0 Å². The minimum absolute atomic E-state index is 0.105. The molecular formula is C67H43N3. The van der Waals surface area contributed by atoms with Gasteiger partial charge in [0.1, 0.15) is 0 Å². The second-order valence-corrected chi connectivity index (χ2v) is 18.8. The van der Waals surface area contributed by atoms with Gasteiger partial charge in [-0.3, -0.25) is 0 Å². The average Bonchev–Trinajstić information content (AvgIpc) is 3.96. The maximum atomic E-state index is 2.63. The number of benzene rings is 11. The van der Waals surface area contributed by atoms with E-state index in [1.807, 2.05) is 0 Å². The zero-order chi connectivity index (χ0) is 45.9. The molecule has 0 amide bonds. The van der Waals surface area contributed by atoms with Crippen molar-refractivity contribution in [3.8, 4) is 55.9 Å². The molecule has 11 aromatic carbocycles. The van der Waals surface area contributed by atoms with E-state index in [9.17, 15) is 0 Å². The molecule has 1 atom stereocenters. The van der Waals surface area contributed by atoms with Crippen LogP contribution in [0.4, 0.5) is 17.1 Å². The van der Waals surface area contributed by atoms with Gasteiger partial charge in [-0.1, -0.05) is 170 Å². The van der Waals surface area contributed by atoms with Crippen molar-refractivity contribution in [2.75, 3.05) is 4.90 Å². The van der Waals surface area contributed by atoms with Gasteiger partial charge in [0, 0.05) is 44.4 Å². The van der Waals surface area contributed by atoms with Crippen molar-refractivity contribution in [1.82, 2.24) is 9.13 Å². The zero-order valence-electron chi connectivity index (χ0n) is 38.2. The summed E-state index contributed by atoms with van der Waals surface area (Å²) < 4.78 is 5.23. The summed E-state index contributed by atoms with van der Waals surface area (Å²) in [5.41, 5.74) is 24.3. The Morgan fingerprint density at radius 1 is 0.300 bits per heavy atom. The van der Waals surface area contributed by atoms with Crippen LogP contribution in [0.25, 0.3) is 99.5 Å². The molecule has 0 aliphatic carbocycles. The molecule has 0 radical (unpaired) electrons. The standard InChI is InChI=1S/C67H43N3/c1-7-19-43(20-8-1)47-31-33-59-53(37-47)55-39-49(45-23-11-3-12-24-45)41-57-63-58-42-50(46-25-13-4-14-26-46)40-56-54-38-48(44-21-9-2-10-22-44)32-34-60(54)70(66(56)58)67-62(36-35-61(64(63)67)69(59)65(55)57)68(51-27-15-5-16-28-51)52-29-17-6-18-30-52/h1-42,63H. The molecule has 2 aromatic heterocycles. The molecule has 0 fully saturated rings. The van der Waals surface area contributed by atoms with Gasteiger partial charge < -0.3 is 14.0 Å². The van der Waals surface area contributed by atoms with Crippen LogP contribution in [-0.2, 0) is 0 Å². The van der Waals surface area contributed by atoms with E-state index in [1.165, 1.54) is 116 Å². The summed E-state index contributed by atoms with van der Waals surface area (Å²) >= 11 is 0. The Labute approximate surface area is 406 Å². The van der Waals surface area contributed by atoms with Crippen molar-refractivity contribution < 1.29 is 0 Å². The third kappa shape index (κ3) is 5.70. The summed E-state index contributed by atoms with van der Waals surface area (Å²) in [6, 6.07) is 94.4. The first-order valence-corrected chi connectivity index (χ1v) is 24.3. The first-order chi connectivity index (χ1) is 34.7.